The molecular weight excluding hydrogens is 1450 g/mol. The summed E-state index contributed by atoms with van der Waals surface area (Å²) in [6.45, 7) is 5.90. The largest absolute Gasteiger partial charge is 0.508 e. The second-order valence-electron chi connectivity index (χ2n) is 27.6. The molecule has 5 fully saturated rings. The lowest BCUT2D eigenvalue weighted by Gasteiger charge is -2.35. The van der Waals surface area contributed by atoms with Crippen molar-refractivity contribution in [3.63, 3.8) is 0 Å². The maximum atomic E-state index is 15.4. The average Bonchev–Trinajstić information content (AvgIpc) is 1.62. The first-order valence-corrected chi connectivity index (χ1v) is 38.8. The van der Waals surface area contributed by atoms with Gasteiger partial charge in [-0.05, 0) is 93.4 Å². The standard InChI is InChI=1S/C70H101N17O19S2/c1-6-36(3)54-65(102)81-47-34-107-108-35-48(80-58(95)42(17-11-25-73-70(71)72)75-52(91)32-74-57(94)44(31-53(92)93)76-63(100)49-18-12-26-85(49)67(104)45(78-61(47)98)30-39-15-9-8-10-16-39)62(99)84-56(38(5)89)66(103)77-43(29-40-21-23-41(90)24-22-40)59(96)79-46(33-88)60(97)83-55(37(4)7-2)69(106)87-28-14-20-51(87)68(105)86-27-13-19-50(86)64(101)82-54/h8-10,15-16,21-24,36-38,42-51,54-56,88-90H,6-7,11-14,17-20,25-35H2,1-5H3,(H,74,94)(H,75,91)(H,76,100)(H,77,103)(H,78,98)(H,79,96)(H,80,95)(H,81,102)(H,82,101)(H,83,97)(H,84,99)(H,92,93)(H4,71,72,73)/t36-,37-,38+,42-,43-,44-,45-,46-,47-,48-,49-,50-,51-,54-,55-,56-/m0/s1. The number of hydrogen-bond donors (Lipinski definition) is 17. The third-order valence-corrected chi connectivity index (χ3v) is 22.1. The molecule has 5 aliphatic rings. The molecule has 0 aliphatic carbocycles. The number of aliphatic carboxylic acids is 1. The Kier molecular flexibility index (Phi) is 32.4. The van der Waals surface area contributed by atoms with Gasteiger partial charge in [0.1, 0.15) is 84.3 Å². The first-order valence-electron chi connectivity index (χ1n) is 36.3. The summed E-state index contributed by atoms with van der Waals surface area (Å²) in [6, 6.07) is -6.65. The molecule has 592 valence electrons. The molecule has 0 saturated carbocycles. The van der Waals surface area contributed by atoms with E-state index in [2.05, 4.69) is 63.5 Å². The number of guanidine groups is 1. The van der Waals surface area contributed by atoms with Crippen molar-refractivity contribution in [1.82, 2.24) is 73.2 Å². The van der Waals surface area contributed by atoms with E-state index >= 15 is 19.2 Å². The number of aliphatic imine (C=N–C) groups is 1. The van der Waals surface area contributed by atoms with Gasteiger partial charge in [-0.25, -0.2) is 0 Å². The molecule has 2 bridgehead atoms. The molecule has 5 saturated heterocycles. The SMILES string of the molecule is CC[C@H](C)[C@@H]1NC(=O)[C@@H]2CCCN2C(=O)[C@@H]2CCCN2C(=O)[C@H]([C@@H](C)CC)NC(=O)[C@H](CO)NC(=O)[C@H](Cc2ccc(O)cc2)NC(=O)[C@H]([C@@H](C)O)NC(=O)[C@@H]2CSSC[C@H](NC1=O)C(=O)N[C@@H](Cc1ccccc1)C(=O)N1CCC[C@H]1C(=O)N[C@@H](CC(=O)O)C(=O)NCC(=O)N[C@@H](CCCN=C(N)N)C(=O)N2. The fraction of sp³-hybridized carbons (Fsp3) is 0.600. The molecule has 5 aliphatic heterocycles. The van der Waals surface area contributed by atoms with E-state index in [9.17, 15) is 73.2 Å². The first kappa shape index (κ1) is 85.4. The van der Waals surface area contributed by atoms with Gasteiger partial charge in [-0.15, -0.1) is 0 Å². The fourth-order valence-electron chi connectivity index (χ4n) is 13.2. The number of hydrogen-bond acceptors (Lipinski definition) is 21. The van der Waals surface area contributed by atoms with Gasteiger partial charge in [0.25, 0.3) is 0 Å². The number of carboxylic acid groups (broad SMARTS) is 1. The lowest BCUT2D eigenvalue weighted by molar-refractivity contribution is -0.149. The Morgan fingerprint density at radius 1 is 0.519 bits per heavy atom. The molecule has 36 nitrogen and oxygen atoms in total. The third-order valence-electron chi connectivity index (χ3n) is 19.7. The van der Waals surface area contributed by atoms with E-state index < -0.39 is 223 Å². The predicted molar refractivity (Wildman–Crippen MR) is 393 cm³/mol. The number of aromatic hydroxyl groups is 1. The zero-order valence-corrected chi connectivity index (χ0v) is 62.6. The van der Waals surface area contributed by atoms with Crippen LogP contribution in [0.1, 0.15) is 116 Å². The van der Waals surface area contributed by atoms with Crippen LogP contribution in [0, 0.1) is 11.8 Å². The van der Waals surface area contributed by atoms with E-state index in [1.54, 1.807) is 58.0 Å². The van der Waals surface area contributed by atoms with Crippen LogP contribution in [-0.4, -0.2) is 265 Å². The summed E-state index contributed by atoms with van der Waals surface area (Å²) < 4.78 is 0. The van der Waals surface area contributed by atoms with Crippen molar-refractivity contribution in [3.05, 3.63) is 65.7 Å². The van der Waals surface area contributed by atoms with Crippen molar-refractivity contribution in [2.24, 2.45) is 28.3 Å². The Morgan fingerprint density at radius 3 is 1.57 bits per heavy atom. The van der Waals surface area contributed by atoms with Gasteiger partial charge in [-0.3, -0.25) is 76.9 Å². The van der Waals surface area contributed by atoms with Crippen molar-refractivity contribution in [1.29, 1.82) is 0 Å². The molecule has 108 heavy (non-hydrogen) atoms. The van der Waals surface area contributed by atoms with Gasteiger partial charge in [-0.2, -0.15) is 0 Å². The topological polar surface area (TPSA) is 543 Å². The van der Waals surface area contributed by atoms with Crippen LogP contribution in [0.2, 0.25) is 0 Å². The molecule has 19 N–H and O–H groups in total. The second kappa shape index (κ2) is 40.9. The van der Waals surface area contributed by atoms with Crippen LogP contribution in [-0.2, 0) is 84.8 Å². The quantitative estimate of drug-likeness (QED) is 0.0326. The monoisotopic (exact) mass is 1550 g/mol. The number of nitrogens with two attached hydrogens (primary N) is 2. The van der Waals surface area contributed by atoms with Gasteiger partial charge in [-0.1, -0.05) is 105 Å². The molecule has 2 aromatic carbocycles. The molecule has 14 amide bonds. The molecule has 0 spiro atoms. The number of aliphatic hydroxyl groups is 2. The Bertz CT molecular complexity index is 3610. The zero-order valence-electron chi connectivity index (χ0n) is 61.0. The maximum absolute atomic E-state index is 15.4. The molecule has 16 atom stereocenters. The molecule has 2 aromatic rings. The van der Waals surface area contributed by atoms with E-state index in [0.717, 1.165) is 28.5 Å². The van der Waals surface area contributed by atoms with Crippen molar-refractivity contribution >= 4 is 116 Å². The maximum Gasteiger partial charge on any atom is 0.305 e. The number of carboxylic acids is 1. The minimum Gasteiger partial charge on any atom is -0.508 e. The average molecular weight is 1550 g/mol. The number of aliphatic hydroxyl groups excluding tert-OH is 2. The summed E-state index contributed by atoms with van der Waals surface area (Å²) in [5, 5.41) is 70.4. The van der Waals surface area contributed by atoms with Crippen molar-refractivity contribution < 1.29 is 92.3 Å². The molecular formula is C70H101N17O19S2. The number of rotatable bonds is 16. The molecule has 0 unspecified atom stereocenters. The van der Waals surface area contributed by atoms with Crippen LogP contribution in [0.5, 0.6) is 5.75 Å². The van der Waals surface area contributed by atoms with E-state index in [-0.39, 0.29) is 89.3 Å². The highest BCUT2D eigenvalue weighted by Crippen LogP contribution is 2.29. The Labute approximate surface area is 632 Å². The van der Waals surface area contributed by atoms with Gasteiger partial charge in [0.05, 0.1) is 25.7 Å². The normalized spacial score (nSPS) is 28.0. The summed E-state index contributed by atoms with van der Waals surface area (Å²) in [6.07, 6.45) is -1.97. The first-order chi connectivity index (χ1) is 51.4. The van der Waals surface area contributed by atoms with Crippen molar-refractivity contribution in [2.75, 3.05) is 50.8 Å². The Balaban J connectivity index is 1.36. The van der Waals surface area contributed by atoms with Crippen molar-refractivity contribution in [3.8, 4) is 5.75 Å². The molecule has 38 heteroatoms. The lowest BCUT2D eigenvalue weighted by Crippen LogP contribution is -2.63. The Morgan fingerprint density at radius 2 is 0.991 bits per heavy atom. The minimum atomic E-state index is -2.01. The second-order valence-corrected chi connectivity index (χ2v) is 30.2. The Hall–Kier alpha value is -9.82. The number of phenols is 1. The lowest BCUT2D eigenvalue weighted by atomic mass is 9.96. The van der Waals surface area contributed by atoms with Gasteiger partial charge in [0.15, 0.2) is 5.96 Å². The van der Waals surface area contributed by atoms with Gasteiger partial charge >= 0.3 is 5.97 Å². The summed E-state index contributed by atoms with van der Waals surface area (Å²) in [5.74, 6) is -17.9. The predicted octanol–water partition coefficient (Wildman–Crippen LogP) is -4.48. The highest BCUT2D eigenvalue weighted by atomic mass is 33.1. The zero-order chi connectivity index (χ0) is 79.1. The number of carbonyl (C=O) groups is 15. The van der Waals surface area contributed by atoms with Crippen LogP contribution in [0.3, 0.4) is 0 Å². The third kappa shape index (κ3) is 23.8. The van der Waals surface area contributed by atoms with Crippen molar-refractivity contribution in [2.45, 2.75) is 203 Å². The minimum absolute atomic E-state index is 0.0140. The molecule has 7 rings (SSSR count). The number of phenolic OH excluding ortho intramolecular Hbond substituents is 1. The number of carbonyl (C=O) groups excluding carboxylic acids is 14. The molecule has 0 aromatic heterocycles. The van der Waals surface area contributed by atoms with Crippen LogP contribution in [0.15, 0.2) is 59.6 Å². The van der Waals surface area contributed by atoms with Crippen LogP contribution in [0.25, 0.3) is 0 Å². The highest BCUT2D eigenvalue weighted by molar-refractivity contribution is 8.76. The van der Waals surface area contributed by atoms with E-state index in [1.165, 1.54) is 39.0 Å². The number of nitrogens with one attached hydrogen (secondary N) is 11. The van der Waals surface area contributed by atoms with Gasteiger partial charge in [0, 0.05) is 50.5 Å². The molecule has 5 heterocycles. The smallest absolute Gasteiger partial charge is 0.305 e. The van der Waals surface area contributed by atoms with E-state index in [0.29, 0.717) is 30.4 Å². The number of benzene rings is 2. The van der Waals surface area contributed by atoms with E-state index in [1.807, 2.05) is 0 Å². The summed E-state index contributed by atoms with van der Waals surface area (Å²) >= 11 is 0. The number of amides is 14. The van der Waals surface area contributed by atoms with Crippen LogP contribution >= 0.6 is 21.6 Å². The highest BCUT2D eigenvalue weighted by Gasteiger charge is 2.47. The fourth-order valence-corrected chi connectivity index (χ4v) is 15.6. The van der Waals surface area contributed by atoms with Crippen LogP contribution < -0.4 is 70.0 Å². The number of fused-ring (bicyclic) bond motifs is 8. The summed E-state index contributed by atoms with van der Waals surface area (Å²) in [7, 11) is 1.67. The van der Waals surface area contributed by atoms with E-state index in [4.69, 9.17) is 11.5 Å². The van der Waals surface area contributed by atoms with Gasteiger partial charge in [0.2, 0.25) is 82.7 Å². The van der Waals surface area contributed by atoms with Gasteiger partial charge < -0.3 is 105 Å². The molecule has 0 radical (unpaired) electrons. The summed E-state index contributed by atoms with van der Waals surface area (Å²) in [5.41, 5.74) is 12.0. The number of nitrogens with zero attached hydrogens (tertiary/aromatic N) is 4. The summed E-state index contributed by atoms with van der Waals surface area (Å²) in [4.78, 5) is 226. The van der Waals surface area contributed by atoms with Crippen LogP contribution in [0.4, 0.5) is 0 Å².